The number of hydrogen-bond acceptors (Lipinski definition) is 3. The van der Waals surface area contributed by atoms with Crippen LogP contribution in [0, 0.1) is 0 Å². The molecule has 0 bridgehead atoms. The van der Waals surface area contributed by atoms with Gasteiger partial charge in [0.05, 0.1) is 6.61 Å². The number of rotatable bonds is 3. The number of aliphatic hydroxyl groups excluding tert-OH is 1. The fourth-order valence-electron chi connectivity index (χ4n) is 0.926. The van der Waals surface area contributed by atoms with Crippen LogP contribution in [0.3, 0.4) is 0 Å². The van der Waals surface area contributed by atoms with Crippen molar-refractivity contribution in [2.45, 2.75) is 0 Å². The van der Waals surface area contributed by atoms with Gasteiger partial charge in [0.15, 0.2) is 0 Å². The average Bonchev–Trinajstić information content (AvgIpc) is 2.20. The molecule has 1 rings (SSSR count). The number of aliphatic hydroxyl groups is 1. The molecular weight excluding hydrogens is 188 g/mol. The van der Waals surface area contributed by atoms with Gasteiger partial charge in [0.25, 0.3) is 0 Å². The molecule has 3 nitrogen and oxygen atoms in total. The smallest absolute Gasteiger partial charge is 0.0558 e. The molecule has 3 heteroatoms. The van der Waals surface area contributed by atoms with Crippen LogP contribution in [0.2, 0.25) is 0 Å². The van der Waals surface area contributed by atoms with Gasteiger partial charge in [-0.05, 0) is 26.2 Å². The van der Waals surface area contributed by atoms with Crippen LogP contribution in [0.25, 0.3) is 0 Å². The zero-order valence-corrected chi connectivity index (χ0v) is 10.1. The summed E-state index contributed by atoms with van der Waals surface area (Å²) in [4.78, 5) is 4.01. The summed E-state index contributed by atoms with van der Waals surface area (Å²) < 4.78 is 0. The molecule has 0 aromatic heterocycles. The lowest BCUT2D eigenvalue weighted by atomic mass is 10.3. The monoisotopic (exact) mass is 210 g/mol. The SMILES string of the molecule is CN(C)CCO.CN(C)c1ccccc1. The van der Waals surface area contributed by atoms with Crippen LogP contribution in [0.1, 0.15) is 0 Å². The molecule has 0 aliphatic rings. The van der Waals surface area contributed by atoms with Gasteiger partial charge in [0, 0.05) is 26.3 Å². The van der Waals surface area contributed by atoms with Gasteiger partial charge >= 0.3 is 0 Å². The Labute approximate surface area is 92.9 Å². The highest BCUT2D eigenvalue weighted by Crippen LogP contribution is 2.07. The standard InChI is InChI=1S/C8H11N.C4H11NO/c1-9(2)8-6-4-3-5-7-8;1-5(2)3-4-6/h3-7H,1-2H3;6H,3-4H2,1-2H3. The molecule has 0 saturated heterocycles. The molecule has 0 aliphatic carbocycles. The Balaban J connectivity index is 0.000000288. The minimum atomic E-state index is 0.257. The minimum absolute atomic E-state index is 0.257. The molecule has 86 valence electrons. The van der Waals surface area contributed by atoms with Gasteiger partial charge in [-0.2, -0.15) is 0 Å². The molecule has 0 amide bonds. The lowest BCUT2D eigenvalue weighted by Gasteiger charge is -2.10. The summed E-state index contributed by atoms with van der Waals surface area (Å²) in [6.45, 7) is 1.02. The highest BCUT2D eigenvalue weighted by molar-refractivity contribution is 5.43. The van der Waals surface area contributed by atoms with Crippen molar-refractivity contribution in [3.63, 3.8) is 0 Å². The predicted molar refractivity (Wildman–Crippen MR) is 66.4 cm³/mol. The molecule has 0 unspecified atom stereocenters. The summed E-state index contributed by atoms with van der Waals surface area (Å²) in [6.07, 6.45) is 0. The van der Waals surface area contributed by atoms with E-state index >= 15 is 0 Å². The maximum Gasteiger partial charge on any atom is 0.0558 e. The van der Waals surface area contributed by atoms with Gasteiger partial charge in [0.1, 0.15) is 0 Å². The van der Waals surface area contributed by atoms with Crippen LogP contribution < -0.4 is 4.90 Å². The number of benzene rings is 1. The van der Waals surface area contributed by atoms with E-state index in [9.17, 15) is 0 Å². The van der Waals surface area contributed by atoms with Crippen molar-refractivity contribution in [2.75, 3.05) is 46.2 Å². The average molecular weight is 210 g/mol. The van der Waals surface area contributed by atoms with Crippen LogP contribution >= 0.6 is 0 Å². The van der Waals surface area contributed by atoms with E-state index in [1.54, 1.807) is 0 Å². The lowest BCUT2D eigenvalue weighted by Crippen LogP contribution is -2.15. The van der Waals surface area contributed by atoms with E-state index in [-0.39, 0.29) is 6.61 Å². The molecule has 0 radical (unpaired) electrons. The molecule has 0 spiro atoms. The molecule has 0 heterocycles. The Morgan fingerprint density at radius 2 is 1.53 bits per heavy atom. The fraction of sp³-hybridized carbons (Fsp3) is 0.500. The van der Waals surface area contributed by atoms with Gasteiger partial charge in [-0.3, -0.25) is 0 Å². The first kappa shape index (κ1) is 13.9. The van der Waals surface area contributed by atoms with Gasteiger partial charge in [-0.25, -0.2) is 0 Å². The lowest BCUT2D eigenvalue weighted by molar-refractivity contribution is 0.243. The van der Waals surface area contributed by atoms with E-state index in [4.69, 9.17) is 5.11 Å². The van der Waals surface area contributed by atoms with E-state index in [1.165, 1.54) is 5.69 Å². The summed E-state index contributed by atoms with van der Waals surface area (Å²) in [6, 6.07) is 10.3. The summed E-state index contributed by atoms with van der Waals surface area (Å²) in [7, 11) is 7.93. The maximum absolute atomic E-state index is 8.20. The molecule has 15 heavy (non-hydrogen) atoms. The van der Waals surface area contributed by atoms with Crippen molar-refractivity contribution < 1.29 is 5.11 Å². The molecule has 1 aromatic carbocycles. The first-order chi connectivity index (χ1) is 7.07. The van der Waals surface area contributed by atoms with Gasteiger partial charge in [0.2, 0.25) is 0 Å². The number of anilines is 1. The van der Waals surface area contributed by atoms with E-state index in [0.717, 1.165) is 6.54 Å². The Kier molecular flexibility index (Phi) is 7.68. The van der Waals surface area contributed by atoms with Gasteiger partial charge in [-0.15, -0.1) is 0 Å². The van der Waals surface area contributed by atoms with Gasteiger partial charge in [-0.1, -0.05) is 18.2 Å². The largest absolute Gasteiger partial charge is 0.395 e. The van der Waals surface area contributed by atoms with Crippen LogP contribution in [0.15, 0.2) is 30.3 Å². The van der Waals surface area contributed by atoms with E-state index in [1.807, 2.05) is 51.3 Å². The first-order valence-corrected chi connectivity index (χ1v) is 5.06. The van der Waals surface area contributed by atoms with Crippen molar-refractivity contribution >= 4 is 5.69 Å². The van der Waals surface area contributed by atoms with Crippen molar-refractivity contribution in [1.29, 1.82) is 0 Å². The third kappa shape index (κ3) is 7.97. The van der Waals surface area contributed by atoms with Crippen LogP contribution in [-0.4, -0.2) is 51.3 Å². The van der Waals surface area contributed by atoms with Crippen molar-refractivity contribution in [3.05, 3.63) is 30.3 Å². The number of para-hydroxylation sites is 1. The van der Waals surface area contributed by atoms with Crippen molar-refractivity contribution in [1.82, 2.24) is 4.90 Å². The third-order valence-corrected chi connectivity index (χ3v) is 1.82. The maximum atomic E-state index is 8.20. The first-order valence-electron chi connectivity index (χ1n) is 5.06. The molecule has 1 N–H and O–H groups in total. The number of likely N-dealkylation sites (N-methyl/N-ethyl adjacent to an activating group) is 1. The van der Waals surface area contributed by atoms with E-state index < -0.39 is 0 Å². The zero-order valence-electron chi connectivity index (χ0n) is 10.1. The highest BCUT2D eigenvalue weighted by Gasteiger charge is 1.87. The second-order valence-corrected chi connectivity index (χ2v) is 3.76. The highest BCUT2D eigenvalue weighted by atomic mass is 16.3. The second kappa shape index (κ2) is 8.26. The predicted octanol–water partition coefficient (Wildman–Crippen LogP) is 1.29. The molecule has 0 aliphatic heterocycles. The molecular formula is C12H22N2O. The van der Waals surface area contributed by atoms with Crippen LogP contribution in [-0.2, 0) is 0 Å². The van der Waals surface area contributed by atoms with Crippen molar-refractivity contribution in [3.8, 4) is 0 Å². The molecule has 1 aromatic rings. The fourth-order valence-corrected chi connectivity index (χ4v) is 0.926. The minimum Gasteiger partial charge on any atom is -0.395 e. The van der Waals surface area contributed by atoms with Crippen LogP contribution in [0.5, 0.6) is 0 Å². The van der Waals surface area contributed by atoms with Gasteiger partial charge < -0.3 is 14.9 Å². The molecule has 0 fully saturated rings. The third-order valence-electron chi connectivity index (χ3n) is 1.82. The second-order valence-electron chi connectivity index (χ2n) is 3.76. The summed E-state index contributed by atoms with van der Waals surface area (Å²) >= 11 is 0. The summed E-state index contributed by atoms with van der Waals surface area (Å²) in [5.41, 5.74) is 1.25. The Morgan fingerprint density at radius 1 is 1.00 bits per heavy atom. The Hall–Kier alpha value is -1.06. The van der Waals surface area contributed by atoms with E-state index in [2.05, 4.69) is 17.0 Å². The summed E-state index contributed by atoms with van der Waals surface area (Å²) in [5, 5.41) is 8.20. The normalized spacial score (nSPS) is 9.47. The Morgan fingerprint density at radius 3 is 1.73 bits per heavy atom. The number of nitrogens with zero attached hydrogens (tertiary/aromatic N) is 2. The zero-order chi connectivity index (χ0) is 11.7. The Bertz CT molecular complexity index is 235. The number of hydrogen-bond donors (Lipinski definition) is 1. The topological polar surface area (TPSA) is 26.7 Å². The molecule has 0 saturated carbocycles. The van der Waals surface area contributed by atoms with Crippen LogP contribution in [0.4, 0.5) is 5.69 Å². The molecule has 0 atom stereocenters. The van der Waals surface area contributed by atoms with Crippen molar-refractivity contribution in [2.24, 2.45) is 0 Å². The van der Waals surface area contributed by atoms with E-state index in [0.29, 0.717) is 0 Å². The summed E-state index contributed by atoms with van der Waals surface area (Å²) in [5.74, 6) is 0. The quantitative estimate of drug-likeness (QED) is 0.814.